The standard InChI is InChI=1S/C11H13BrN2O/c12-8-5-9-10(14-6-8)11(7-15-9)1-3-13-4-2-11/h5-6,13H,1-4,7H2. The first-order valence-electron chi connectivity index (χ1n) is 5.30. The van der Waals surface area contributed by atoms with Crippen molar-refractivity contribution < 1.29 is 4.74 Å². The maximum atomic E-state index is 5.75. The summed E-state index contributed by atoms with van der Waals surface area (Å²) in [7, 11) is 0. The zero-order valence-electron chi connectivity index (χ0n) is 8.42. The van der Waals surface area contributed by atoms with Gasteiger partial charge in [0.25, 0.3) is 0 Å². The summed E-state index contributed by atoms with van der Waals surface area (Å²) in [6.45, 7) is 2.94. The van der Waals surface area contributed by atoms with Crippen LogP contribution in [0.25, 0.3) is 0 Å². The number of piperidine rings is 1. The molecule has 0 aliphatic carbocycles. The molecule has 4 heteroatoms. The quantitative estimate of drug-likeness (QED) is 0.780. The van der Waals surface area contributed by atoms with Gasteiger partial charge < -0.3 is 10.1 Å². The van der Waals surface area contributed by atoms with Crippen molar-refractivity contribution in [3.05, 3.63) is 22.4 Å². The molecule has 0 unspecified atom stereocenters. The SMILES string of the molecule is Brc1cnc2c(c1)OCC21CCNCC1. The molecule has 1 spiro atoms. The van der Waals surface area contributed by atoms with Crippen LogP contribution < -0.4 is 10.1 Å². The second-order valence-electron chi connectivity index (χ2n) is 4.32. The number of pyridine rings is 1. The Bertz CT molecular complexity index is 388. The van der Waals surface area contributed by atoms with Gasteiger partial charge in [0.2, 0.25) is 0 Å². The zero-order chi connectivity index (χ0) is 10.3. The molecule has 0 saturated carbocycles. The minimum absolute atomic E-state index is 0.182. The Labute approximate surface area is 97.4 Å². The van der Waals surface area contributed by atoms with Gasteiger partial charge in [-0.3, -0.25) is 4.98 Å². The number of nitrogens with one attached hydrogen (secondary N) is 1. The fraction of sp³-hybridized carbons (Fsp3) is 0.545. The smallest absolute Gasteiger partial charge is 0.142 e. The van der Waals surface area contributed by atoms with E-state index >= 15 is 0 Å². The van der Waals surface area contributed by atoms with Crippen molar-refractivity contribution in [3.8, 4) is 5.75 Å². The normalized spacial score (nSPS) is 22.5. The number of ether oxygens (including phenoxy) is 1. The molecule has 3 nitrogen and oxygen atoms in total. The predicted octanol–water partition coefficient (Wildman–Crippen LogP) is 1.86. The summed E-state index contributed by atoms with van der Waals surface area (Å²) >= 11 is 3.42. The lowest BCUT2D eigenvalue weighted by Gasteiger charge is -2.31. The summed E-state index contributed by atoms with van der Waals surface area (Å²) in [5.74, 6) is 0.964. The van der Waals surface area contributed by atoms with Crippen LogP contribution in [-0.4, -0.2) is 24.7 Å². The van der Waals surface area contributed by atoms with E-state index in [1.165, 1.54) is 0 Å². The van der Waals surface area contributed by atoms with Crippen LogP contribution in [0.2, 0.25) is 0 Å². The van der Waals surface area contributed by atoms with Crippen molar-refractivity contribution in [2.24, 2.45) is 0 Å². The van der Waals surface area contributed by atoms with Crippen LogP contribution in [0.15, 0.2) is 16.7 Å². The third-order valence-electron chi connectivity index (χ3n) is 3.39. The van der Waals surface area contributed by atoms with Crippen LogP contribution in [0.3, 0.4) is 0 Å². The topological polar surface area (TPSA) is 34.1 Å². The Morgan fingerprint density at radius 2 is 2.20 bits per heavy atom. The summed E-state index contributed by atoms with van der Waals surface area (Å²) in [6.07, 6.45) is 4.14. The highest BCUT2D eigenvalue weighted by Crippen LogP contribution is 2.43. The molecule has 3 rings (SSSR count). The summed E-state index contributed by atoms with van der Waals surface area (Å²) in [5.41, 5.74) is 1.34. The van der Waals surface area contributed by atoms with Crippen molar-refractivity contribution in [1.82, 2.24) is 10.3 Å². The average molecular weight is 269 g/mol. The molecule has 0 radical (unpaired) electrons. The van der Waals surface area contributed by atoms with Crippen molar-refractivity contribution >= 4 is 15.9 Å². The number of halogens is 1. The summed E-state index contributed by atoms with van der Waals surface area (Å²) < 4.78 is 6.75. The Kier molecular flexibility index (Phi) is 2.21. The number of fused-ring (bicyclic) bond motifs is 2. The maximum absolute atomic E-state index is 5.75. The predicted molar refractivity (Wildman–Crippen MR) is 61.2 cm³/mol. The number of aromatic nitrogens is 1. The molecule has 3 heterocycles. The monoisotopic (exact) mass is 268 g/mol. The van der Waals surface area contributed by atoms with E-state index in [1.807, 2.05) is 12.3 Å². The van der Waals surface area contributed by atoms with Crippen LogP contribution >= 0.6 is 15.9 Å². The van der Waals surface area contributed by atoms with Gasteiger partial charge in [-0.15, -0.1) is 0 Å². The molecule has 15 heavy (non-hydrogen) atoms. The molecule has 1 saturated heterocycles. The molecule has 1 aromatic heterocycles. The van der Waals surface area contributed by atoms with Crippen LogP contribution in [0.4, 0.5) is 0 Å². The highest BCUT2D eigenvalue weighted by molar-refractivity contribution is 9.10. The molecule has 0 atom stereocenters. The third kappa shape index (κ3) is 1.47. The molecule has 2 aliphatic heterocycles. The average Bonchev–Trinajstić information content (AvgIpc) is 2.58. The minimum atomic E-state index is 0.182. The first-order valence-corrected chi connectivity index (χ1v) is 6.09. The lowest BCUT2D eigenvalue weighted by atomic mass is 9.77. The number of rotatable bonds is 0. The van der Waals surface area contributed by atoms with Gasteiger partial charge in [-0.1, -0.05) is 0 Å². The van der Waals surface area contributed by atoms with Gasteiger partial charge in [0.15, 0.2) is 0 Å². The third-order valence-corrected chi connectivity index (χ3v) is 3.82. The van der Waals surface area contributed by atoms with E-state index in [9.17, 15) is 0 Å². The molecule has 0 amide bonds. The van der Waals surface area contributed by atoms with Gasteiger partial charge >= 0.3 is 0 Å². The second kappa shape index (κ2) is 3.46. The van der Waals surface area contributed by atoms with Gasteiger partial charge in [-0.05, 0) is 47.9 Å². The van der Waals surface area contributed by atoms with Crippen LogP contribution in [0.5, 0.6) is 5.75 Å². The lowest BCUT2D eigenvalue weighted by molar-refractivity contribution is 0.218. The highest BCUT2D eigenvalue weighted by Gasteiger charge is 2.42. The first kappa shape index (κ1) is 9.60. The molecule has 1 aromatic rings. The molecular weight excluding hydrogens is 256 g/mol. The van der Waals surface area contributed by atoms with Gasteiger partial charge in [-0.2, -0.15) is 0 Å². The van der Waals surface area contributed by atoms with E-state index in [-0.39, 0.29) is 5.41 Å². The summed E-state index contributed by atoms with van der Waals surface area (Å²) in [4.78, 5) is 4.54. The van der Waals surface area contributed by atoms with Crippen molar-refractivity contribution in [1.29, 1.82) is 0 Å². The van der Waals surface area contributed by atoms with E-state index in [2.05, 4.69) is 26.2 Å². The highest BCUT2D eigenvalue weighted by atomic mass is 79.9. The molecule has 0 aromatic carbocycles. The Morgan fingerprint density at radius 3 is 3.00 bits per heavy atom. The van der Waals surface area contributed by atoms with Crippen molar-refractivity contribution in [2.75, 3.05) is 19.7 Å². The van der Waals surface area contributed by atoms with Gasteiger partial charge in [-0.25, -0.2) is 0 Å². The minimum Gasteiger partial charge on any atom is -0.491 e. The zero-order valence-corrected chi connectivity index (χ0v) is 10.0. The van der Waals surface area contributed by atoms with E-state index in [0.717, 1.165) is 48.5 Å². The largest absolute Gasteiger partial charge is 0.491 e. The molecular formula is C11H13BrN2O. The Balaban J connectivity index is 2.03. The van der Waals surface area contributed by atoms with Crippen LogP contribution in [0, 0.1) is 0 Å². The fourth-order valence-electron chi connectivity index (χ4n) is 2.50. The van der Waals surface area contributed by atoms with Gasteiger partial charge in [0, 0.05) is 10.7 Å². The lowest BCUT2D eigenvalue weighted by Crippen LogP contribution is -2.41. The Hall–Kier alpha value is -0.610. The molecule has 80 valence electrons. The molecule has 1 fully saturated rings. The van der Waals surface area contributed by atoms with Gasteiger partial charge in [0.1, 0.15) is 5.75 Å². The van der Waals surface area contributed by atoms with E-state index in [1.54, 1.807) is 0 Å². The molecule has 1 N–H and O–H groups in total. The summed E-state index contributed by atoms with van der Waals surface area (Å²) in [6, 6.07) is 2.03. The number of hydrogen-bond acceptors (Lipinski definition) is 3. The molecule has 2 aliphatic rings. The van der Waals surface area contributed by atoms with Crippen LogP contribution in [0.1, 0.15) is 18.5 Å². The Morgan fingerprint density at radius 1 is 1.40 bits per heavy atom. The van der Waals surface area contributed by atoms with E-state index in [4.69, 9.17) is 4.74 Å². The fourth-order valence-corrected chi connectivity index (χ4v) is 2.81. The van der Waals surface area contributed by atoms with E-state index in [0.29, 0.717) is 0 Å². The maximum Gasteiger partial charge on any atom is 0.142 e. The van der Waals surface area contributed by atoms with Crippen molar-refractivity contribution in [2.45, 2.75) is 18.3 Å². The molecule has 0 bridgehead atoms. The van der Waals surface area contributed by atoms with Gasteiger partial charge in [0.05, 0.1) is 17.7 Å². The number of hydrogen-bond donors (Lipinski definition) is 1. The van der Waals surface area contributed by atoms with Crippen molar-refractivity contribution in [3.63, 3.8) is 0 Å². The second-order valence-corrected chi connectivity index (χ2v) is 5.23. The van der Waals surface area contributed by atoms with Crippen LogP contribution in [-0.2, 0) is 5.41 Å². The van der Waals surface area contributed by atoms with E-state index < -0.39 is 0 Å². The summed E-state index contributed by atoms with van der Waals surface area (Å²) in [5, 5.41) is 3.39. The first-order chi connectivity index (χ1) is 7.30. The number of nitrogens with zero attached hydrogens (tertiary/aromatic N) is 1.